The third-order valence-electron chi connectivity index (χ3n) is 11.8. The summed E-state index contributed by atoms with van der Waals surface area (Å²) in [4.78, 5) is 42.2. The molecule has 3 heterocycles. The first kappa shape index (κ1) is 44.8. The topological polar surface area (TPSA) is 157 Å². The lowest BCUT2D eigenvalue weighted by molar-refractivity contribution is -0.384. The normalized spacial score (nSPS) is 15.5. The van der Waals surface area contributed by atoms with Gasteiger partial charge in [-0.1, -0.05) is 66.2 Å². The summed E-state index contributed by atoms with van der Waals surface area (Å²) in [6.07, 6.45) is 1.99. The number of fused-ring (bicyclic) bond motifs is 1. The number of benzene rings is 5. The summed E-state index contributed by atoms with van der Waals surface area (Å²) in [7, 11) is -4.31. The van der Waals surface area contributed by atoms with Crippen LogP contribution in [0.4, 0.5) is 22.9 Å². The fourth-order valence-electron chi connectivity index (χ4n) is 8.19. The number of thioether (sulfide) groups is 1. The maximum absolute atomic E-state index is 13.9. The molecule has 8 rings (SSSR count). The van der Waals surface area contributed by atoms with Gasteiger partial charge in [0, 0.05) is 111 Å². The highest BCUT2D eigenvalue weighted by atomic mass is 35.5. The molecule has 0 spiro atoms. The monoisotopic (exact) mass is 919 g/mol. The number of amides is 1. The Morgan fingerprint density at radius 1 is 0.844 bits per heavy atom. The van der Waals surface area contributed by atoms with Gasteiger partial charge in [0.05, 0.1) is 15.3 Å². The molecule has 2 N–H and O–H groups in total. The molecular weight excluding hydrogens is 870 g/mol. The second kappa shape index (κ2) is 20.4. The van der Waals surface area contributed by atoms with Gasteiger partial charge < -0.3 is 15.1 Å². The molecule has 2 aliphatic rings. The van der Waals surface area contributed by atoms with Gasteiger partial charge >= 0.3 is 0 Å². The SMILES string of the molecule is CC(=O)N1CCN(CCC(CSc2ccccc2)Nc2ccc(S(=O)(=O)Nc3ncnc4cc(N5CCN(Cc6ccccc6-c6ccc(Cl)cc6)CC5)ccc34)cc2[N+](=O)[O-])CC1. The van der Waals surface area contributed by atoms with Gasteiger partial charge in [-0.25, -0.2) is 18.4 Å². The molecule has 1 atom stereocenters. The predicted molar refractivity (Wildman–Crippen MR) is 256 cm³/mol. The number of aromatic nitrogens is 2. The zero-order chi connectivity index (χ0) is 44.6. The second-order valence-corrected chi connectivity index (χ2v) is 19.2. The Hall–Kier alpha value is -5.78. The first-order valence-corrected chi connectivity index (χ1v) is 24.1. The molecule has 2 saturated heterocycles. The number of rotatable bonds is 16. The molecule has 0 bridgehead atoms. The van der Waals surface area contributed by atoms with Crippen molar-refractivity contribution in [3.8, 4) is 11.1 Å². The highest BCUT2D eigenvalue weighted by molar-refractivity contribution is 7.99. The summed E-state index contributed by atoms with van der Waals surface area (Å²) < 4.78 is 30.3. The molecule has 0 aliphatic carbocycles. The first-order chi connectivity index (χ1) is 31.0. The number of sulfonamides is 1. The van der Waals surface area contributed by atoms with Crippen molar-refractivity contribution in [3.05, 3.63) is 142 Å². The summed E-state index contributed by atoms with van der Waals surface area (Å²) in [6.45, 7) is 9.28. The minimum Gasteiger partial charge on any atom is -0.376 e. The summed E-state index contributed by atoms with van der Waals surface area (Å²) in [5.41, 5.74) is 4.99. The first-order valence-electron chi connectivity index (χ1n) is 21.3. The van der Waals surface area contributed by atoms with Crippen LogP contribution in [0.2, 0.25) is 5.02 Å². The number of anilines is 3. The van der Waals surface area contributed by atoms with Crippen molar-refractivity contribution in [2.75, 3.05) is 79.6 Å². The van der Waals surface area contributed by atoms with Crippen LogP contribution in [0.15, 0.2) is 131 Å². The molecule has 2 fully saturated rings. The van der Waals surface area contributed by atoms with E-state index in [2.05, 4.69) is 71.1 Å². The van der Waals surface area contributed by atoms with E-state index in [1.807, 2.05) is 65.6 Å². The van der Waals surface area contributed by atoms with Gasteiger partial charge in [0.25, 0.3) is 15.7 Å². The molecule has 332 valence electrons. The largest absolute Gasteiger partial charge is 0.376 e. The maximum Gasteiger partial charge on any atom is 0.293 e. The quantitative estimate of drug-likeness (QED) is 0.0547. The van der Waals surface area contributed by atoms with Gasteiger partial charge in [-0.2, -0.15) is 0 Å². The van der Waals surface area contributed by atoms with E-state index in [4.69, 9.17) is 11.6 Å². The summed E-state index contributed by atoms with van der Waals surface area (Å²) in [5.74, 6) is 0.764. The molecule has 1 aromatic heterocycles. The third-order valence-corrected chi connectivity index (χ3v) is 14.6. The average Bonchev–Trinajstić information content (AvgIpc) is 3.31. The highest BCUT2D eigenvalue weighted by Crippen LogP contribution is 2.33. The van der Waals surface area contributed by atoms with Crippen LogP contribution in [0.1, 0.15) is 18.9 Å². The zero-order valence-corrected chi connectivity index (χ0v) is 37.9. The van der Waals surface area contributed by atoms with Crippen LogP contribution in [-0.2, 0) is 21.4 Å². The molecule has 1 unspecified atom stereocenters. The molecule has 6 aromatic rings. The number of nitro groups is 1. The van der Waals surface area contributed by atoms with Crippen LogP contribution in [0.5, 0.6) is 0 Å². The number of nitrogens with zero attached hydrogens (tertiary/aromatic N) is 7. The van der Waals surface area contributed by atoms with Gasteiger partial charge in [0.2, 0.25) is 5.91 Å². The molecule has 64 heavy (non-hydrogen) atoms. The van der Waals surface area contributed by atoms with E-state index in [1.165, 1.54) is 29.6 Å². The Morgan fingerprint density at radius 2 is 1.56 bits per heavy atom. The Balaban J connectivity index is 0.928. The lowest BCUT2D eigenvalue weighted by atomic mass is 9.99. The molecule has 5 aromatic carbocycles. The van der Waals surface area contributed by atoms with Gasteiger partial charge in [-0.05, 0) is 77.7 Å². The molecule has 14 nitrogen and oxygen atoms in total. The molecule has 17 heteroatoms. The number of halogens is 1. The highest BCUT2D eigenvalue weighted by Gasteiger charge is 2.26. The van der Waals surface area contributed by atoms with Crippen LogP contribution < -0.4 is 14.9 Å². The van der Waals surface area contributed by atoms with Crippen LogP contribution in [0, 0.1) is 10.1 Å². The number of piperazine rings is 2. The Bertz CT molecular complexity index is 2700. The minimum atomic E-state index is -4.31. The van der Waals surface area contributed by atoms with E-state index in [9.17, 15) is 23.3 Å². The number of carbonyl (C=O) groups is 1. The standard InChI is InChI=1S/C47H50ClN9O5S2/c1-34(58)55-25-21-53(22-26-55)20-19-38(32-63-40-8-3-2-4-9-40)51-44-18-16-41(30-46(44)57(59)60)64(61,62)52-47-43-17-15-39(29-45(43)49-33-50-47)56-27-23-54(24-28-56)31-36-7-5-6-10-42(36)35-11-13-37(48)14-12-35/h2-18,29-30,33,38,51H,19-28,31-32H2,1H3,(H,49,50,52). The van der Waals surface area contributed by atoms with E-state index in [0.29, 0.717) is 41.2 Å². The summed E-state index contributed by atoms with van der Waals surface area (Å²) in [5, 5.41) is 17.1. The van der Waals surface area contributed by atoms with Gasteiger partial charge in [0.15, 0.2) is 5.82 Å². The Morgan fingerprint density at radius 3 is 2.30 bits per heavy atom. The number of carbonyl (C=O) groups excluding carboxylic acids is 1. The molecule has 2 aliphatic heterocycles. The van der Waals surface area contributed by atoms with E-state index < -0.39 is 14.9 Å². The Labute approximate surface area is 382 Å². The fourth-order valence-corrected chi connectivity index (χ4v) is 10.4. The predicted octanol–water partition coefficient (Wildman–Crippen LogP) is 8.11. The maximum atomic E-state index is 13.9. The molecule has 0 saturated carbocycles. The van der Waals surface area contributed by atoms with E-state index in [-0.39, 0.29) is 34.0 Å². The smallest absolute Gasteiger partial charge is 0.293 e. The second-order valence-electron chi connectivity index (χ2n) is 16.0. The molecule has 0 radical (unpaired) electrons. The number of nitro benzene ring substituents is 1. The fraction of sp³-hybridized carbons (Fsp3) is 0.298. The van der Waals surface area contributed by atoms with Crippen molar-refractivity contribution in [2.45, 2.75) is 35.7 Å². The van der Waals surface area contributed by atoms with Crippen molar-refractivity contribution in [2.24, 2.45) is 0 Å². The van der Waals surface area contributed by atoms with Gasteiger partial charge in [-0.15, -0.1) is 11.8 Å². The number of hydrogen-bond acceptors (Lipinski definition) is 12. The van der Waals surface area contributed by atoms with Crippen LogP contribution in [0.25, 0.3) is 22.0 Å². The van der Waals surface area contributed by atoms with Crippen molar-refractivity contribution < 1.29 is 18.1 Å². The van der Waals surface area contributed by atoms with Gasteiger partial charge in [-0.3, -0.25) is 29.4 Å². The third kappa shape index (κ3) is 11.1. The van der Waals surface area contributed by atoms with Crippen LogP contribution >= 0.6 is 23.4 Å². The van der Waals surface area contributed by atoms with E-state index in [1.54, 1.807) is 18.7 Å². The van der Waals surface area contributed by atoms with Crippen molar-refractivity contribution >= 4 is 73.1 Å². The van der Waals surface area contributed by atoms with E-state index in [0.717, 1.165) is 74.6 Å². The molecule has 1 amide bonds. The molecular formula is C47H50ClN9O5S2. The lowest BCUT2D eigenvalue weighted by Crippen LogP contribution is -2.48. The van der Waals surface area contributed by atoms with Crippen molar-refractivity contribution in [3.63, 3.8) is 0 Å². The van der Waals surface area contributed by atoms with Crippen LogP contribution in [0.3, 0.4) is 0 Å². The minimum absolute atomic E-state index is 0.0666. The Kier molecular flexibility index (Phi) is 14.3. The number of nitrogens with one attached hydrogen (secondary N) is 2. The van der Waals surface area contributed by atoms with Crippen LogP contribution in [-0.4, -0.2) is 115 Å². The summed E-state index contributed by atoms with van der Waals surface area (Å²) in [6, 6.07) is 35.7. The van der Waals surface area contributed by atoms with Gasteiger partial charge in [0.1, 0.15) is 12.0 Å². The van der Waals surface area contributed by atoms with Crippen molar-refractivity contribution in [1.82, 2.24) is 24.7 Å². The van der Waals surface area contributed by atoms with E-state index >= 15 is 0 Å². The zero-order valence-electron chi connectivity index (χ0n) is 35.5. The number of hydrogen-bond donors (Lipinski definition) is 2. The van der Waals surface area contributed by atoms with Crippen molar-refractivity contribution in [1.29, 1.82) is 0 Å². The average molecular weight is 921 g/mol. The lowest BCUT2D eigenvalue weighted by Gasteiger charge is -2.36. The summed E-state index contributed by atoms with van der Waals surface area (Å²) >= 11 is 7.79.